The standard InChI is InChI=1S/C10H18O3S/c1-3-4-5-6-7-10(14,8(2)11)9(12)13/h14H,3-7H2,1-2H3,(H,12,13)/p-1. The van der Waals surface area contributed by atoms with Crippen molar-refractivity contribution in [2.75, 3.05) is 0 Å². The molecule has 0 aliphatic rings. The minimum atomic E-state index is -1.59. The lowest BCUT2D eigenvalue weighted by molar-refractivity contribution is -0.307. The predicted molar refractivity (Wildman–Crippen MR) is 56.2 cm³/mol. The molecule has 82 valence electrons. The van der Waals surface area contributed by atoms with E-state index in [0.29, 0.717) is 6.42 Å². The number of ketones is 1. The molecule has 0 heterocycles. The number of unbranched alkanes of at least 4 members (excludes halogenated alkanes) is 3. The van der Waals surface area contributed by atoms with E-state index in [9.17, 15) is 14.7 Å². The van der Waals surface area contributed by atoms with Crippen molar-refractivity contribution in [1.29, 1.82) is 0 Å². The van der Waals surface area contributed by atoms with Crippen molar-refractivity contribution >= 4 is 24.4 Å². The van der Waals surface area contributed by atoms with Gasteiger partial charge in [0, 0.05) is 0 Å². The molecule has 4 heteroatoms. The number of hydrogen-bond donors (Lipinski definition) is 1. The van der Waals surface area contributed by atoms with Gasteiger partial charge in [0.2, 0.25) is 0 Å². The van der Waals surface area contributed by atoms with Crippen molar-refractivity contribution in [3.8, 4) is 0 Å². The Morgan fingerprint density at radius 2 is 1.86 bits per heavy atom. The minimum absolute atomic E-state index is 0.258. The van der Waals surface area contributed by atoms with E-state index in [1.807, 2.05) is 0 Å². The lowest BCUT2D eigenvalue weighted by Gasteiger charge is -2.26. The molecule has 14 heavy (non-hydrogen) atoms. The van der Waals surface area contributed by atoms with Crippen LogP contribution in [0, 0.1) is 0 Å². The number of rotatable bonds is 7. The molecule has 0 aromatic heterocycles. The molecule has 0 aliphatic carbocycles. The molecule has 3 nitrogen and oxygen atoms in total. The highest BCUT2D eigenvalue weighted by Crippen LogP contribution is 2.23. The van der Waals surface area contributed by atoms with Gasteiger partial charge in [-0.05, 0) is 13.3 Å². The van der Waals surface area contributed by atoms with Gasteiger partial charge in [0.15, 0.2) is 5.78 Å². The molecule has 0 spiro atoms. The second-order valence-corrected chi connectivity index (χ2v) is 4.28. The molecule has 0 saturated heterocycles. The van der Waals surface area contributed by atoms with Gasteiger partial charge in [-0.3, -0.25) is 4.79 Å². The molecule has 0 radical (unpaired) electrons. The van der Waals surface area contributed by atoms with Gasteiger partial charge in [-0.1, -0.05) is 32.6 Å². The van der Waals surface area contributed by atoms with E-state index in [1.54, 1.807) is 0 Å². The summed E-state index contributed by atoms with van der Waals surface area (Å²) in [4.78, 5) is 21.8. The molecule has 1 atom stereocenters. The molecule has 0 aromatic carbocycles. The van der Waals surface area contributed by atoms with Gasteiger partial charge in [0.1, 0.15) is 4.75 Å². The molecular formula is C10H17O3S-. The Morgan fingerprint density at radius 3 is 2.21 bits per heavy atom. The molecular weight excluding hydrogens is 200 g/mol. The van der Waals surface area contributed by atoms with Gasteiger partial charge in [0.05, 0.1) is 5.97 Å². The van der Waals surface area contributed by atoms with Crippen LogP contribution in [0.3, 0.4) is 0 Å². The number of Topliss-reactive ketones (excluding diaryl/α,β-unsaturated/α-hetero) is 1. The van der Waals surface area contributed by atoms with Crippen molar-refractivity contribution in [1.82, 2.24) is 0 Å². The van der Waals surface area contributed by atoms with E-state index in [4.69, 9.17) is 0 Å². The summed E-state index contributed by atoms with van der Waals surface area (Å²) >= 11 is 3.90. The first-order valence-electron chi connectivity index (χ1n) is 4.90. The van der Waals surface area contributed by atoms with Crippen LogP contribution in [0.25, 0.3) is 0 Å². The van der Waals surface area contributed by atoms with E-state index < -0.39 is 16.5 Å². The second kappa shape index (κ2) is 6.06. The first-order valence-corrected chi connectivity index (χ1v) is 5.34. The summed E-state index contributed by atoms with van der Waals surface area (Å²) in [6, 6.07) is 0. The number of hydrogen-bond acceptors (Lipinski definition) is 4. The van der Waals surface area contributed by atoms with Gasteiger partial charge >= 0.3 is 0 Å². The fourth-order valence-corrected chi connectivity index (χ4v) is 1.39. The summed E-state index contributed by atoms with van der Waals surface area (Å²) in [5.41, 5.74) is 0. The number of carboxylic acid groups (broad SMARTS) is 1. The minimum Gasteiger partial charge on any atom is -0.548 e. The fourth-order valence-electron chi connectivity index (χ4n) is 1.23. The number of carbonyl (C=O) groups excluding carboxylic acids is 2. The zero-order chi connectivity index (χ0) is 11.2. The fraction of sp³-hybridized carbons (Fsp3) is 0.800. The largest absolute Gasteiger partial charge is 0.548 e. The van der Waals surface area contributed by atoms with Crippen LogP contribution in [0.1, 0.15) is 46.0 Å². The lowest BCUT2D eigenvalue weighted by Crippen LogP contribution is -2.49. The monoisotopic (exact) mass is 217 g/mol. The molecule has 0 amide bonds. The normalized spacial score (nSPS) is 14.8. The number of carbonyl (C=O) groups is 2. The van der Waals surface area contributed by atoms with Crippen LogP contribution in [0.15, 0.2) is 0 Å². The molecule has 0 fully saturated rings. The maximum atomic E-state index is 11.1. The van der Waals surface area contributed by atoms with Crippen LogP contribution in [0.4, 0.5) is 0 Å². The van der Waals surface area contributed by atoms with Crippen LogP contribution in [0.2, 0.25) is 0 Å². The van der Waals surface area contributed by atoms with Gasteiger partial charge < -0.3 is 9.90 Å². The van der Waals surface area contributed by atoms with Gasteiger partial charge in [-0.15, -0.1) is 0 Å². The first kappa shape index (κ1) is 13.5. The quantitative estimate of drug-likeness (QED) is 0.392. The van der Waals surface area contributed by atoms with E-state index in [2.05, 4.69) is 19.6 Å². The van der Waals surface area contributed by atoms with Crippen molar-refractivity contribution in [2.24, 2.45) is 0 Å². The van der Waals surface area contributed by atoms with Gasteiger partial charge in [-0.2, -0.15) is 12.6 Å². The number of thiol groups is 1. The first-order chi connectivity index (χ1) is 6.45. The van der Waals surface area contributed by atoms with E-state index >= 15 is 0 Å². The van der Waals surface area contributed by atoms with Gasteiger partial charge in [-0.25, -0.2) is 0 Å². The molecule has 0 N–H and O–H groups in total. The average Bonchev–Trinajstić information content (AvgIpc) is 2.11. The van der Waals surface area contributed by atoms with Crippen LogP contribution in [-0.2, 0) is 9.59 Å². The highest BCUT2D eigenvalue weighted by Gasteiger charge is 2.31. The molecule has 0 saturated carbocycles. The summed E-state index contributed by atoms with van der Waals surface area (Å²) in [6.45, 7) is 3.31. The molecule has 0 aromatic rings. The summed E-state index contributed by atoms with van der Waals surface area (Å²) in [5, 5.41) is 10.7. The Balaban J connectivity index is 4.12. The zero-order valence-electron chi connectivity index (χ0n) is 8.71. The van der Waals surface area contributed by atoms with Crippen LogP contribution in [0.5, 0.6) is 0 Å². The Morgan fingerprint density at radius 1 is 1.29 bits per heavy atom. The van der Waals surface area contributed by atoms with Crippen molar-refractivity contribution < 1.29 is 14.7 Å². The highest BCUT2D eigenvalue weighted by atomic mass is 32.1. The molecule has 0 bridgehead atoms. The molecule has 1 unspecified atom stereocenters. The van der Waals surface area contributed by atoms with Crippen LogP contribution in [-0.4, -0.2) is 16.5 Å². The summed E-state index contributed by atoms with van der Waals surface area (Å²) in [7, 11) is 0. The predicted octanol–water partition coefficient (Wildman–Crippen LogP) is 0.964. The van der Waals surface area contributed by atoms with E-state index in [1.165, 1.54) is 6.92 Å². The second-order valence-electron chi connectivity index (χ2n) is 3.51. The van der Waals surface area contributed by atoms with Gasteiger partial charge in [0.25, 0.3) is 0 Å². The third kappa shape index (κ3) is 3.70. The van der Waals surface area contributed by atoms with E-state index in [0.717, 1.165) is 19.3 Å². The lowest BCUT2D eigenvalue weighted by atomic mass is 9.96. The highest BCUT2D eigenvalue weighted by molar-refractivity contribution is 7.83. The summed E-state index contributed by atoms with van der Waals surface area (Å²) in [6.07, 6.45) is 4.01. The number of carboxylic acids is 1. The Labute approximate surface area is 90.3 Å². The SMILES string of the molecule is CCCCCCC(S)(C(C)=O)C(=O)[O-]. The third-order valence-corrected chi connectivity index (χ3v) is 3.03. The Kier molecular flexibility index (Phi) is 5.84. The average molecular weight is 217 g/mol. The molecule has 0 rings (SSSR count). The zero-order valence-corrected chi connectivity index (χ0v) is 9.60. The Hall–Kier alpha value is -0.510. The molecule has 0 aliphatic heterocycles. The van der Waals surface area contributed by atoms with Crippen molar-refractivity contribution in [3.63, 3.8) is 0 Å². The maximum absolute atomic E-state index is 11.1. The van der Waals surface area contributed by atoms with E-state index in [-0.39, 0.29) is 6.42 Å². The van der Waals surface area contributed by atoms with Crippen LogP contribution >= 0.6 is 12.6 Å². The smallest absolute Gasteiger partial charge is 0.151 e. The van der Waals surface area contributed by atoms with Crippen LogP contribution < -0.4 is 5.11 Å². The van der Waals surface area contributed by atoms with Crippen molar-refractivity contribution in [2.45, 2.75) is 50.7 Å². The topological polar surface area (TPSA) is 57.2 Å². The maximum Gasteiger partial charge on any atom is 0.151 e. The van der Waals surface area contributed by atoms with Crippen molar-refractivity contribution in [3.05, 3.63) is 0 Å². The summed E-state index contributed by atoms with van der Waals surface area (Å²) < 4.78 is -1.59. The Bertz CT molecular complexity index is 199. The third-order valence-electron chi connectivity index (χ3n) is 2.31. The number of aliphatic carboxylic acids is 1. The summed E-state index contributed by atoms with van der Waals surface area (Å²) in [5.74, 6) is -1.83.